The quantitative estimate of drug-likeness (QED) is 0.747. The number of nitrogens with one attached hydrogen (secondary N) is 2. The minimum Gasteiger partial charge on any atom is -0.326 e. The number of amides is 2. The summed E-state index contributed by atoms with van der Waals surface area (Å²) >= 11 is 0. The molecule has 0 aliphatic carbocycles. The highest BCUT2D eigenvalue weighted by molar-refractivity contribution is 5.99. The average molecular weight is 330 g/mol. The summed E-state index contributed by atoms with van der Waals surface area (Å²) in [4.78, 5) is 18.7. The maximum atomic E-state index is 12.0. The van der Waals surface area contributed by atoms with Crippen LogP contribution in [0.25, 0.3) is 0 Å². The van der Waals surface area contributed by atoms with E-state index in [1.165, 1.54) is 11.3 Å². The lowest BCUT2D eigenvalue weighted by molar-refractivity contribution is 0.262. The Balaban J connectivity index is 1.43. The Hall–Kier alpha value is -3.34. The van der Waals surface area contributed by atoms with Crippen molar-refractivity contribution in [3.8, 4) is 0 Å². The van der Waals surface area contributed by atoms with Gasteiger partial charge in [0.15, 0.2) is 0 Å². The zero-order valence-corrected chi connectivity index (χ0v) is 13.6. The number of benzene rings is 2. The number of aromatic nitrogens is 1. The van der Waals surface area contributed by atoms with Crippen molar-refractivity contribution in [3.05, 3.63) is 78.5 Å². The maximum Gasteiger partial charge on any atom is 0.323 e. The highest BCUT2D eigenvalue weighted by Crippen LogP contribution is 2.33. The molecular weight excluding hydrogens is 312 g/mol. The molecule has 25 heavy (non-hydrogen) atoms. The number of carbonyl (C=O) groups excluding carboxylic acids is 1. The zero-order chi connectivity index (χ0) is 17.1. The molecule has 2 heterocycles. The molecule has 1 aliphatic heterocycles. The van der Waals surface area contributed by atoms with Crippen LogP contribution in [-0.4, -0.2) is 17.6 Å². The van der Waals surface area contributed by atoms with Crippen LogP contribution in [0.5, 0.6) is 0 Å². The number of carbonyl (C=O) groups is 1. The second kappa shape index (κ2) is 6.65. The predicted molar refractivity (Wildman–Crippen MR) is 100 cm³/mol. The monoisotopic (exact) mass is 330 g/mol. The van der Waals surface area contributed by atoms with E-state index in [1.807, 2.05) is 48.5 Å². The van der Waals surface area contributed by atoms with Crippen LogP contribution < -0.4 is 15.5 Å². The minimum absolute atomic E-state index is 0.285. The van der Waals surface area contributed by atoms with Crippen molar-refractivity contribution >= 4 is 28.9 Å². The first-order valence-corrected chi connectivity index (χ1v) is 8.24. The fourth-order valence-electron chi connectivity index (χ4n) is 3.01. The third-order valence-corrected chi connectivity index (χ3v) is 4.20. The Kier molecular flexibility index (Phi) is 4.04. The molecule has 2 aromatic carbocycles. The van der Waals surface area contributed by atoms with Gasteiger partial charge in [0.25, 0.3) is 0 Å². The van der Waals surface area contributed by atoms with E-state index in [1.54, 1.807) is 6.20 Å². The van der Waals surface area contributed by atoms with E-state index in [0.29, 0.717) is 5.69 Å². The average Bonchev–Trinajstić information content (AvgIpc) is 3.07. The van der Waals surface area contributed by atoms with Gasteiger partial charge in [-0.15, -0.1) is 0 Å². The standard InChI is InChI=1S/C20H18N4O/c25-20(22-16-7-2-1-3-8-16)23-17-10-11-19(21-14-17)24-13-12-15-6-4-5-9-18(15)24/h1-11,14H,12-13H2,(H2,22,23,25). The first-order valence-electron chi connectivity index (χ1n) is 8.24. The Morgan fingerprint density at radius 1 is 0.880 bits per heavy atom. The van der Waals surface area contributed by atoms with Crippen LogP contribution in [-0.2, 0) is 6.42 Å². The molecule has 2 N–H and O–H groups in total. The SMILES string of the molecule is O=C(Nc1ccccc1)Nc1ccc(N2CCc3ccccc32)nc1. The molecule has 3 aromatic rings. The normalized spacial score (nSPS) is 12.6. The van der Waals surface area contributed by atoms with Crippen LogP contribution in [0.3, 0.4) is 0 Å². The van der Waals surface area contributed by atoms with Gasteiger partial charge in [-0.1, -0.05) is 36.4 Å². The molecule has 124 valence electrons. The van der Waals surface area contributed by atoms with Crippen molar-refractivity contribution in [3.63, 3.8) is 0 Å². The molecule has 0 saturated carbocycles. The molecule has 0 unspecified atom stereocenters. The second-order valence-electron chi connectivity index (χ2n) is 5.88. The van der Waals surface area contributed by atoms with E-state index in [2.05, 4.69) is 38.7 Å². The van der Waals surface area contributed by atoms with E-state index in [-0.39, 0.29) is 6.03 Å². The number of fused-ring (bicyclic) bond motifs is 1. The second-order valence-corrected chi connectivity index (χ2v) is 5.88. The number of hydrogen-bond donors (Lipinski definition) is 2. The highest BCUT2D eigenvalue weighted by Gasteiger charge is 2.20. The fourth-order valence-corrected chi connectivity index (χ4v) is 3.01. The zero-order valence-electron chi connectivity index (χ0n) is 13.6. The Morgan fingerprint density at radius 3 is 2.44 bits per heavy atom. The molecule has 4 rings (SSSR count). The number of para-hydroxylation sites is 2. The van der Waals surface area contributed by atoms with Gasteiger partial charge in [-0.25, -0.2) is 9.78 Å². The lowest BCUT2D eigenvalue weighted by Crippen LogP contribution is -2.20. The Bertz CT molecular complexity index is 878. The van der Waals surface area contributed by atoms with E-state index >= 15 is 0 Å². The van der Waals surface area contributed by atoms with Gasteiger partial charge in [0.1, 0.15) is 5.82 Å². The third-order valence-electron chi connectivity index (χ3n) is 4.20. The number of anilines is 4. The lowest BCUT2D eigenvalue weighted by Gasteiger charge is -2.18. The molecule has 0 saturated heterocycles. The molecular formula is C20H18N4O. The van der Waals surface area contributed by atoms with Crippen LogP contribution in [0.2, 0.25) is 0 Å². The van der Waals surface area contributed by atoms with E-state index in [0.717, 1.165) is 24.5 Å². The Morgan fingerprint density at radius 2 is 1.64 bits per heavy atom. The van der Waals surface area contributed by atoms with Crippen LogP contribution in [0.1, 0.15) is 5.56 Å². The largest absolute Gasteiger partial charge is 0.326 e. The topological polar surface area (TPSA) is 57.3 Å². The van der Waals surface area contributed by atoms with Gasteiger partial charge in [0.2, 0.25) is 0 Å². The van der Waals surface area contributed by atoms with E-state index in [9.17, 15) is 4.79 Å². The van der Waals surface area contributed by atoms with Crippen molar-refractivity contribution in [2.75, 3.05) is 22.1 Å². The van der Waals surface area contributed by atoms with Crippen LogP contribution in [0, 0.1) is 0 Å². The number of hydrogen-bond acceptors (Lipinski definition) is 3. The van der Waals surface area contributed by atoms with Gasteiger partial charge in [0.05, 0.1) is 11.9 Å². The summed E-state index contributed by atoms with van der Waals surface area (Å²) in [5, 5.41) is 5.58. The minimum atomic E-state index is -0.285. The molecule has 5 heteroatoms. The first kappa shape index (κ1) is 15.2. The smallest absolute Gasteiger partial charge is 0.323 e. The molecule has 1 aromatic heterocycles. The molecule has 0 fully saturated rings. The molecule has 2 amide bonds. The van der Waals surface area contributed by atoms with E-state index < -0.39 is 0 Å². The van der Waals surface area contributed by atoms with Crippen LogP contribution in [0.4, 0.5) is 27.7 Å². The number of rotatable bonds is 3. The fraction of sp³-hybridized carbons (Fsp3) is 0.100. The summed E-state index contributed by atoms with van der Waals surface area (Å²) in [7, 11) is 0. The molecule has 5 nitrogen and oxygen atoms in total. The van der Waals surface area contributed by atoms with Crippen molar-refractivity contribution in [2.45, 2.75) is 6.42 Å². The van der Waals surface area contributed by atoms with Gasteiger partial charge >= 0.3 is 6.03 Å². The Labute approximate surface area is 146 Å². The van der Waals surface area contributed by atoms with Crippen molar-refractivity contribution in [1.29, 1.82) is 0 Å². The first-order chi connectivity index (χ1) is 12.3. The lowest BCUT2D eigenvalue weighted by atomic mass is 10.2. The number of urea groups is 1. The summed E-state index contributed by atoms with van der Waals surface area (Å²) in [5.74, 6) is 0.888. The molecule has 0 atom stereocenters. The molecule has 0 spiro atoms. The van der Waals surface area contributed by atoms with Gasteiger partial charge in [-0.3, -0.25) is 0 Å². The molecule has 1 aliphatic rings. The van der Waals surface area contributed by atoms with Crippen LogP contribution >= 0.6 is 0 Å². The maximum absolute atomic E-state index is 12.0. The van der Waals surface area contributed by atoms with Crippen molar-refractivity contribution in [2.24, 2.45) is 0 Å². The summed E-state index contributed by atoms with van der Waals surface area (Å²) in [6.45, 7) is 0.924. The van der Waals surface area contributed by atoms with Crippen LogP contribution in [0.15, 0.2) is 72.9 Å². The summed E-state index contributed by atoms with van der Waals surface area (Å²) in [5.41, 5.74) is 3.95. The summed E-state index contributed by atoms with van der Waals surface area (Å²) < 4.78 is 0. The van der Waals surface area contributed by atoms with Crippen molar-refractivity contribution < 1.29 is 4.79 Å². The van der Waals surface area contributed by atoms with Gasteiger partial charge < -0.3 is 15.5 Å². The predicted octanol–water partition coefficient (Wildman–Crippen LogP) is 4.42. The van der Waals surface area contributed by atoms with Gasteiger partial charge in [0, 0.05) is 17.9 Å². The van der Waals surface area contributed by atoms with E-state index in [4.69, 9.17) is 0 Å². The van der Waals surface area contributed by atoms with Gasteiger partial charge in [-0.05, 0) is 42.3 Å². The summed E-state index contributed by atoms with van der Waals surface area (Å²) in [6.07, 6.45) is 2.71. The van der Waals surface area contributed by atoms with Crippen molar-refractivity contribution in [1.82, 2.24) is 4.98 Å². The highest BCUT2D eigenvalue weighted by atomic mass is 16.2. The molecule has 0 bridgehead atoms. The molecule has 0 radical (unpaired) electrons. The summed E-state index contributed by atoms with van der Waals surface area (Å²) in [6, 6.07) is 21.2. The third kappa shape index (κ3) is 3.30. The van der Waals surface area contributed by atoms with Gasteiger partial charge in [-0.2, -0.15) is 0 Å². The number of pyridine rings is 1. The number of nitrogens with zero attached hydrogens (tertiary/aromatic N) is 2.